The highest BCUT2D eigenvalue weighted by molar-refractivity contribution is 7.89. The van der Waals surface area contributed by atoms with Gasteiger partial charge in [-0.15, -0.1) is 0 Å². The maximum Gasteiger partial charge on any atom is 0.240 e. The zero-order valence-electron chi connectivity index (χ0n) is 11.7. The number of hydrogen-bond acceptors (Lipinski definition) is 4. The van der Waals surface area contributed by atoms with Crippen molar-refractivity contribution >= 4 is 26.5 Å². The molecule has 5 nitrogen and oxygen atoms in total. The van der Waals surface area contributed by atoms with Gasteiger partial charge in [-0.2, -0.15) is 0 Å². The minimum absolute atomic E-state index is 0.138. The van der Waals surface area contributed by atoms with Crippen LogP contribution in [-0.4, -0.2) is 30.2 Å². The van der Waals surface area contributed by atoms with Gasteiger partial charge in [0.05, 0.1) is 4.90 Å². The first-order chi connectivity index (χ1) is 9.29. The third-order valence-electron chi connectivity index (χ3n) is 3.70. The van der Waals surface area contributed by atoms with Crippen LogP contribution in [0.1, 0.15) is 24.0 Å². The smallest absolute Gasteiger partial charge is 0.240 e. The van der Waals surface area contributed by atoms with Gasteiger partial charge in [-0.25, -0.2) is 13.1 Å². The quantitative estimate of drug-likeness (QED) is 0.817. The van der Waals surface area contributed by atoms with E-state index in [4.69, 9.17) is 5.73 Å². The molecule has 1 saturated heterocycles. The summed E-state index contributed by atoms with van der Waals surface area (Å²) < 4.78 is 38.7. The van der Waals surface area contributed by atoms with Crippen LogP contribution < -0.4 is 10.5 Å². The van der Waals surface area contributed by atoms with E-state index in [0.29, 0.717) is 30.0 Å². The fraction of sp³-hybridized carbons (Fsp3) is 0.538. The molecule has 3 N–H and O–H groups in total. The highest BCUT2D eigenvalue weighted by atomic mass is 32.2. The van der Waals surface area contributed by atoms with Crippen LogP contribution in [0.5, 0.6) is 0 Å². The van der Waals surface area contributed by atoms with E-state index < -0.39 is 20.8 Å². The van der Waals surface area contributed by atoms with E-state index in [-0.39, 0.29) is 10.9 Å². The second kappa shape index (κ2) is 5.83. The van der Waals surface area contributed by atoms with Gasteiger partial charge in [-0.3, -0.25) is 4.21 Å². The highest BCUT2D eigenvalue weighted by Gasteiger charge is 2.24. The van der Waals surface area contributed by atoms with E-state index in [0.717, 1.165) is 11.1 Å². The maximum atomic E-state index is 12.4. The summed E-state index contributed by atoms with van der Waals surface area (Å²) in [6.45, 7) is 3.71. The Hall–Kier alpha value is -0.920. The summed E-state index contributed by atoms with van der Waals surface area (Å²) in [5, 5.41) is 0. The van der Waals surface area contributed by atoms with E-state index in [2.05, 4.69) is 4.72 Å². The highest BCUT2D eigenvalue weighted by Crippen LogP contribution is 2.22. The lowest BCUT2D eigenvalue weighted by Crippen LogP contribution is -2.39. The zero-order valence-corrected chi connectivity index (χ0v) is 13.3. The average molecular weight is 316 g/mol. The van der Waals surface area contributed by atoms with Gasteiger partial charge in [0.25, 0.3) is 0 Å². The number of nitrogens with one attached hydrogen (secondary N) is 1. The van der Waals surface area contributed by atoms with Crippen molar-refractivity contribution < 1.29 is 12.6 Å². The van der Waals surface area contributed by atoms with Crippen molar-refractivity contribution in [3.05, 3.63) is 23.3 Å². The number of sulfonamides is 1. The Bertz CT molecular complexity index is 608. The van der Waals surface area contributed by atoms with Crippen molar-refractivity contribution in [3.8, 4) is 0 Å². The lowest BCUT2D eigenvalue weighted by Gasteiger charge is -2.22. The van der Waals surface area contributed by atoms with Crippen molar-refractivity contribution in [2.75, 3.05) is 17.2 Å². The molecular formula is C13H20N2O3S2. The number of aryl methyl sites for hydroxylation is 1. The molecule has 1 heterocycles. The second-order valence-electron chi connectivity index (χ2n) is 5.20. The molecule has 1 aliphatic rings. The minimum Gasteiger partial charge on any atom is -0.398 e. The van der Waals surface area contributed by atoms with Crippen LogP contribution in [0.4, 0.5) is 5.69 Å². The fourth-order valence-electron chi connectivity index (χ4n) is 2.21. The molecule has 0 atom stereocenters. The normalized spacial score (nSPS) is 23.7. The Labute approximate surface area is 122 Å². The molecule has 2 rings (SSSR count). The largest absolute Gasteiger partial charge is 0.398 e. The molecule has 7 heteroatoms. The molecule has 1 aromatic carbocycles. The molecule has 1 aliphatic heterocycles. The van der Waals surface area contributed by atoms with E-state index in [9.17, 15) is 12.6 Å². The van der Waals surface area contributed by atoms with Crippen LogP contribution in [0.3, 0.4) is 0 Å². The molecule has 20 heavy (non-hydrogen) atoms. The standard InChI is InChI=1S/C13H20N2O3S2/c1-9-7-12(8-13(14)10(9)2)20(17,18)15-11-3-5-19(16)6-4-11/h7-8,11,15H,3-6,14H2,1-2H3. The Morgan fingerprint density at radius 3 is 2.40 bits per heavy atom. The molecule has 0 amide bonds. The molecule has 0 saturated carbocycles. The fourth-order valence-corrected chi connectivity index (χ4v) is 4.93. The topological polar surface area (TPSA) is 89.3 Å². The Kier molecular flexibility index (Phi) is 4.51. The Morgan fingerprint density at radius 2 is 1.85 bits per heavy atom. The molecule has 0 aromatic heterocycles. The first-order valence-corrected chi connectivity index (χ1v) is 9.51. The van der Waals surface area contributed by atoms with Crippen molar-refractivity contribution in [1.82, 2.24) is 4.72 Å². The predicted molar refractivity (Wildman–Crippen MR) is 81.5 cm³/mol. The monoisotopic (exact) mass is 316 g/mol. The molecule has 1 fully saturated rings. The van der Waals surface area contributed by atoms with Gasteiger partial charge in [-0.1, -0.05) is 0 Å². The number of anilines is 1. The van der Waals surface area contributed by atoms with Crippen molar-refractivity contribution in [2.45, 2.75) is 37.6 Å². The van der Waals surface area contributed by atoms with Crippen LogP contribution in [0.2, 0.25) is 0 Å². The summed E-state index contributed by atoms with van der Waals surface area (Å²) in [5.41, 5.74) is 8.08. The Balaban J connectivity index is 2.20. The van der Waals surface area contributed by atoms with Crippen LogP contribution in [0.15, 0.2) is 17.0 Å². The van der Waals surface area contributed by atoms with Gasteiger partial charge in [-0.05, 0) is 49.9 Å². The van der Waals surface area contributed by atoms with Gasteiger partial charge >= 0.3 is 0 Å². The van der Waals surface area contributed by atoms with Crippen molar-refractivity contribution in [2.24, 2.45) is 0 Å². The summed E-state index contributed by atoms with van der Waals surface area (Å²) in [7, 11) is -4.37. The summed E-state index contributed by atoms with van der Waals surface area (Å²) >= 11 is 0. The average Bonchev–Trinajstić information content (AvgIpc) is 2.38. The molecule has 1 aromatic rings. The van der Waals surface area contributed by atoms with E-state index >= 15 is 0 Å². The van der Waals surface area contributed by atoms with E-state index in [1.807, 2.05) is 13.8 Å². The van der Waals surface area contributed by atoms with Crippen LogP contribution in [-0.2, 0) is 20.8 Å². The number of benzene rings is 1. The maximum absolute atomic E-state index is 12.4. The van der Waals surface area contributed by atoms with Gasteiger partial charge in [0.2, 0.25) is 10.0 Å². The third-order valence-corrected chi connectivity index (χ3v) is 6.58. The first-order valence-electron chi connectivity index (χ1n) is 6.53. The van der Waals surface area contributed by atoms with Crippen LogP contribution in [0, 0.1) is 13.8 Å². The lowest BCUT2D eigenvalue weighted by molar-refractivity contribution is 0.522. The summed E-state index contributed by atoms with van der Waals surface area (Å²) in [4.78, 5) is 0.199. The summed E-state index contributed by atoms with van der Waals surface area (Å²) in [6, 6.07) is 2.99. The number of rotatable bonds is 3. The summed E-state index contributed by atoms with van der Waals surface area (Å²) in [5.74, 6) is 1.12. The van der Waals surface area contributed by atoms with Crippen molar-refractivity contribution in [1.29, 1.82) is 0 Å². The van der Waals surface area contributed by atoms with Crippen LogP contribution >= 0.6 is 0 Å². The molecule has 0 spiro atoms. The van der Waals surface area contributed by atoms with Gasteiger partial charge in [0.1, 0.15) is 0 Å². The molecule has 0 radical (unpaired) electrons. The summed E-state index contributed by atoms with van der Waals surface area (Å²) in [6.07, 6.45) is 1.23. The Morgan fingerprint density at radius 1 is 1.25 bits per heavy atom. The predicted octanol–water partition coefficient (Wildman–Crippen LogP) is 1.08. The molecule has 112 valence electrons. The first kappa shape index (κ1) is 15.5. The lowest BCUT2D eigenvalue weighted by atomic mass is 10.1. The molecule has 0 unspecified atom stereocenters. The van der Waals surface area contributed by atoms with Gasteiger partial charge in [0, 0.05) is 34.0 Å². The third kappa shape index (κ3) is 3.39. The van der Waals surface area contributed by atoms with Crippen molar-refractivity contribution in [3.63, 3.8) is 0 Å². The SMILES string of the molecule is Cc1cc(S(=O)(=O)NC2CCS(=O)CC2)cc(N)c1C. The minimum atomic E-state index is -3.57. The van der Waals surface area contributed by atoms with E-state index in [1.165, 1.54) is 6.07 Å². The zero-order chi connectivity index (χ0) is 14.9. The molecule has 0 aliphatic carbocycles. The number of nitrogen functional groups attached to an aromatic ring is 1. The van der Waals surface area contributed by atoms with Gasteiger partial charge < -0.3 is 5.73 Å². The number of hydrogen-bond donors (Lipinski definition) is 2. The molecular weight excluding hydrogens is 296 g/mol. The van der Waals surface area contributed by atoms with Crippen LogP contribution in [0.25, 0.3) is 0 Å². The van der Waals surface area contributed by atoms with E-state index in [1.54, 1.807) is 6.07 Å². The number of nitrogens with two attached hydrogens (primary N) is 1. The van der Waals surface area contributed by atoms with Gasteiger partial charge in [0.15, 0.2) is 0 Å². The second-order valence-corrected chi connectivity index (χ2v) is 8.61. The molecule has 0 bridgehead atoms.